The van der Waals surface area contributed by atoms with Gasteiger partial charge in [0.1, 0.15) is 5.75 Å². The molecule has 35 heavy (non-hydrogen) atoms. The Morgan fingerprint density at radius 2 is 1.86 bits per heavy atom. The number of pyridine rings is 1. The fourth-order valence-electron chi connectivity index (χ4n) is 4.08. The van der Waals surface area contributed by atoms with Gasteiger partial charge in [0.15, 0.2) is 11.5 Å². The molecule has 1 aromatic heterocycles. The molecule has 8 nitrogen and oxygen atoms in total. The van der Waals surface area contributed by atoms with Crippen LogP contribution in [-0.2, 0) is 13.1 Å². The largest absolute Gasteiger partial charge is 0.495 e. The Kier molecular flexibility index (Phi) is 6.01. The fraction of sp³-hybridized carbons (Fsp3) is 0.185. The molecule has 2 heterocycles. The molecule has 4 aromatic rings. The first kappa shape index (κ1) is 22.3. The zero-order chi connectivity index (χ0) is 24.4. The number of aromatic nitrogens is 1. The summed E-state index contributed by atoms with van der Waals surface area (Å²) in [6, 6.07) is 20.1. The highest BCUT2D eigenvalue weighted by atomic mass is 16.7. The Bertz CT molecular complexity index is 1460. The number of nitrogens with zero attached hydrogens (tertiary/aromatic N) is 1. The minimum Gasteiger partial charge on any atom is -0.495 e. The second kappa shape index (κ2) is 9.42. The quantitative estimate of drug-likeness (QED) is 0.421. The van der Waals surface area contributed by atoms with Crippen molar-refractivity contribution in [3.8, 4) is 17.2 Å². The van der Waals surface area contributed by atoms with E-state index in [2.05, 4.69) is 10.3 Å². The molecule has 2 N–H and O–H groups in total. The average Bonchev–Trinajstić information content (AvgIpc) is 3.32. The lowest BCUT2D eigenvalue weighted by atomic mass is 10.1. The lowest BCUT2D eigenvalue weighted by Crippen LogP contribution is -2.35. The van der Waals surface area contributed by atoms with E-state index in [4.69, 9.17) is 14.2 Å². The van der Waals surface area contributed by atoms with Crippen LogP contribution in [0, 0.1) is 6.92 Å². The molecule has 0 aliphatic carbocycles. The molecule has 0 fully saturated rings. The van der Waals surface area contributed by atoms with E-state index in [-0.39, 0.29) is 31.5 Å². The van der Waals surface area contributed by atoms with E-state index in [0.29, 0.717) is 28.5 Å². The molecule has 0 atom stereocenters. The summed E-state index contributed by atoms with van der Waals surface area (Å²) in [4.78, 5) is 30.8. The van der Waals surface area contributed by atoms with E-state index in [1.54, 1.807) is 24.1 Å². The van der Waals surface area contributed by atoms with Crippen LogP contribution in [0.3, 0.4) is 0 Å². The Morgan fingerprint density at radius 3 is 2.71 bits per heavy atom. The summed E-state index contributed by atoms with van der Waals surface area (Å²) in [5.41, 5.74) is 3.46. The van der Waals surface area contributed by atoms with Gasteiger partial charge in [-0.25, -0.2) is 4.79 Å². The van der Waals surface area contributed by atoms with Gasteiger partial charge >= 0.3 is 6.03 Å². The van der Waals surface area contributed by atoms with Gasteiger partial charge in [-0.3, -0.25) is 4.79 Å². The summed E-state index contributed by atoms with van der Waals surface area (Å²) in [5, 5.41) is 3.81. The van der Waals surface area contributed by atoms with E-state index in [0.717, 1.165) is 22.0 Å². The first-order valence-electron chi connectivity index (χ1n) is 11.2. The summed E-state index contributed by atoms with van der Waals surface area (Å²) < 4.78 is 16.3. The van der Waals surface area contributed by atoms with Crippen molar-refractivity contribution in [3.05, 3.63) is 93.8 Å². The molecule has 1 aliphatic rings. The van der Waals surface area contributed by atoms with Gasteiger partial charge in [0, 0.05) is 17.6 Å². The molecular formula is C27H25N3O5. The van der Waals surface area contributed by atoms with Crippen LogP contribution in [-0.4, -0.2) is 29.8 Å². The van der Waals surface area contributed by atoms with Gasteiger partial charge in [-0.2, -0.15) is 0 Å². The maximum absolute atomic E-state index is 13.4. The maximum atomic E-state index is 13.4. The minimum atomic E-state index is -0.365. The Hall–Kier alpha value is -4.46. The van der Waals surface area contributed by atoms with Gasteiger partial charge in [0.05, 0.1) is 19.3 Å². The number of carbonyl (C=O) groups excluding carboxylic acids is 1. The van der Waals surface area contributed by atoms with Crippen molar-refractivity contribution in [2.24, 2.45) is 0 Å². The van der Waals surface area contributed by atoms with Crippen molar-refractivity contribution in [1.29, 1.82) is 0 Å². The molecule has 2 amide bonds. The summed E-state index contributed by atoms with van der Waals surface area (Å²) in [6.45, 7) is 2.50. The number of nitrogens with one attached hydrogen (secondary N) is 2. The Morgan fingerprint density at radius 1 is 1.03 bits per heavy atom. The van der Waals surface area contributed by atoms with E-state index in [1.807, 2.05) is 61.5 Å². The van der Waals surface area contributed by atoms with Crippen LogP contribution < -0.4 is 25.1 Å². The highest BCUT2D eigenvalue weighted by Gasteiger charge is 2.20. The number of anilines is 1. The summed E-state index contributed by atoms with van der Waals surface area (Å²) in [7, 11) is 1.55. The SMILES string of the molecule is COc1ccccc1NC(=O)N(Cc1ccc2c(c1)OCO2)Cc1cc2ccc(C)cc2[nH]c1=O. The second-order valence-electron chi connectivity index (χ2n) is 8.39. The molecule has 3 aromatic carbocycles. The number of hydrogen-bond acceptors (Lipinski definition) is 5. The van der Waals surface area contributed by atoms with E-state index in [1.165, 1.54) is 0 Å². The highest BCUT2D eigenvalue weighted by Crippen LogP contribution is 2.33. The third kappa shape index (κ3) is 4.77. The topological polar surface area (TPSA) is 92.9 Å². The first-order chi connectivity index (χ1) is 17.0. The molecule has 178 valence electrons. The molecular weight excluding hydrogens is 446 g/mol. The van der Waals surface area contributed by atoms with E-state index < -0.39 is 0 Å². The molecule has 0 saturated heterocycles. The minimum absolute atomic E-state index is 0.106. The van der Waals surface area contributed by atoms with Crippen LogP contribution in [0.1, 0.15) is 16.7 Å². The van der Waals surface area contributed by atoms with Crippen LogP contribution in [0.5, 0.6) is 17.2 Å². The number of rotatable bonds is 6. The van der Waals surface area contributed by atoms with Gasteiger partial charge < -0.3 is 29.4 Å². The number of H-pyrrole nitrogens is 1. The Labute approximate surface area is 202 Å². The third-order valence-electron chi connectivity index (χ3n) is 5.89. The van der Waals surface area contributed by atoms with Crippen molar-refractivity contribution in [2.75, 3.05) is 19.2 Å². The number of ether oxygens (including phenoxy) is 3. The van der Waals surface area contributed by atoms with Crippen molar-refractivity contribution < 1.29 is 19.0 Å². The van der Waals surface area contributed by atoms with Crippen molar-refractivity contribution in [1.82, 2.24) is 9.88 Å². The third-order valence-corrected chi connectivity index (χ3v) is 5.89. The molecule has 0 saturated carbocycles. The number of para-hydroxylation sites is 2. The molecule has 0 radical (unpaired) electrons. The van der Waals surface area contributed by atoms with Gasteiger partial charge in [-0.1, -0.05) is 30.3 Å². The molecule has 8 heteroatoms. The number of urea groups is 1. The lowest BCUT2D eigenvalue weighted by Gasteiger charge is -2.24. The summed E-state index contributed by atoms with van der Waals surface area (Å²) >= 11 is 0. The first-order valence-corrected chi connectivity index (χ1v) is 11.2. The van der Waals surface area contributed by atoms with E-state index in [9.17, 15) is 9.59 Å². The number of methoxy groups -OCH3 is 1. The van der Waals surface area contributed by atoms with Crippen molar-refractivity contribution in [2.45, 2.75) is 20.0 Å². The summed E-state index contributed by atoms with van der Waals surface area (Å²) in [5.74, 6) is 1.84. The molecule has 0 unspecified atom stereocenters. The average molecular weight is 472 g/mol. The number of fused-ring (bicyclic) bond motifs is 2. The highest BCUT2D eigenvalue weighted by molar-refractivity contribution is 5.91. The van der Waals surface area contributed by atoms with Gasteiger partial charge in [-0.15, -0.1) is 0 Å². The van der Waals surface area contributed by atoms with Gasteiger partial charge in [0.25, 0.3) is 5.56 Å². The zero-order valence-corrected chi connectivity index (χ0v) is 19.5. The van der Waals surface area contributed by atoms with Crippen LogP contribution in [0.2, 0.25) is 0 Å². The molecule has 1 aliphatic heterocycles. The van der Waals surface area contributed by atoms with Gasteiger partial charge in [0.2, 0.25) is 6.79 Å². The predicted molar refractivity (Wildman–Crippen MR) is 133 cm³/mol. The number of aryl methyl sites for hydroxylation is 1. The van der Waals surface area contributed by atoms with Crippen LogP contribution in [0.15, 0.2) is 71.5 Å². The van der Waals surface area contributed by atoms with Gasteiger partial charge in [-0.05, 0) is 59.8 Å². The zero-order valence-electron chi connectivity index (χ0n) is 19.5. The van der Waals surface area contributed by atoms with Crippen LogP contribution in [0.4, 0.5) is 10.5 Å². The second-order valence-corrected chi connectivity index (χ2v) is 8.39. The molecule has 5 rings (SSSR count). The van der Waals surface area contributed by atoms with Crippen molar-refractivity contribution in [3.63, 3.8) is 0 Å². The Balaban J connectivity index is 1.47. The molecule has 0 spiro atoms. The number of aromatic amines is 1. The normalized spacial score (nSPS) is 11.9. The smallest absolute Gasteiger partial charge is 0.322 e. The predicted octanol–water partition coefficient (Wildman–Crippen LogP) is 4.81. The number of hydrogen-bond donors (Lipinski definition) is 2. The van der Waals surface area contributed by atoms with Crippen molar-refractivity contribution >= 4 is 22.6 Å². The summed E-state index contributed by atoms with van der Waals surface area (Å²) in [6.07, 6.45) is 0. The lowest BCUT2D eigenvalue weighted by molar-refractivity contribution is 0.174. The monoisotopic (exact) mass is 471 g/mol. The number of amides is 2. The van der Waals surface area contributed by atoms with E-state index >= 15 is 0 Å². The molecule has 0 bridgehead atoms. The maximum Gasteiger partial charge on any atom is 0.322 e. The number of carbonyl (C=O) groups is 1. The van der Waals surface area contributed by atoms with Crippen LogP contribution >= 0.6 is 0 Å². The van der Waals surface area contributed by atoms with Crippen LogP contribution in [0.25, 0.3) is 10.9 Å². The standard InChI is InChI=1S/C27H25N3O5/c1-17-7-9-19-13-20(26(31)28-22(19)11-17)15-30(14-18-8-10-24-25(12-18)35-16-34-24)27(32)29-21-5-3-4-6-23(21)33-2/h3-13H,14-16H2,1-2H3,(H,28,31)(H,29,32). The fourth-order valence-corrected chi connectivity index (χ4v) is 4.08. The number of benzene rings is 3.